The van der Waals surface area contributed by atoms with Gasteiger partial charge in [0.2, 0.25) is 0 Å². The van der Waals surface area contributed by atoms with Crippen molar-refractivity contribution in [1.29, 1.82) is 0 Å². The predicted octanol–water partition coefficient (Wildman–Crippen LogP) is 3.21. The van der Waals surface area contributed by atoms with Gasteiger partial charge in [0.1, 0.15) is 10.0 Å². The van der Waals surface area contributed by atoms with Crippen molar-refractivity contribution < 1.29 is 19.7 Å². The first-order valence-electron chi connectivity index (χ1n) is 4.33. The van der Waals surface area contributed by atoms with E-state index in [1.165, 1.54) is 0 Å². The highest BCUT2D eigenvalue weighted by Crippen LogP contribution is 2.48. The molecule has 4 nitrogen and oxygen atoms in total. The maximum atomic E-state index is 11.3. The van der Waals surface area contributed by atoms with E-state index in [2.05, 4.69) is 0 Å². The molecule has 0 saturated heterocycles. The van der Waals surface area contributed by atoms with Gasteiger partial charge in [0, 0.05) is 0 Å². The molecule has 9 heteroatoms. The van der Waals surface area contributed by atoms with E-state index in [9.17, 15) is 4.79 Å². The maximum absolute atomic E-state index is 11.3. The number of esters is 1. The number of rotatable bonds is 3. The lowest BCUT2D eigenvalue weighted by Gasteiger charge is -2.13. The fourth-order valence-electron chi connectivity index (χ4n) is 0.918. The molecule has 0 aromatic heterocycles. The Morgan fingerprint density at radius 3 is 1.78 bits per heavy atom. The molecule has 0 aliphatic rings. The summed E-state index contributed by atoms with van der Waals surface area (Å²) in [6, 6.07) is 0. The zero-order chi connectivity index (χ0) is 14.0. The van der Waals surface area contributed by atoms with Crippen LogP contribution >= 0.6 is 58.0 Å². The smallest absolute Gasteiger partial charge is 0.342 e. The Morgan fingerprint density at radius 2 is 1.39 bits per heavy atom. The Morgan fingerprint density at radius 1 is 1.00 bits per heavy atom. The van der Waals surface area contributed by atoms with E-state index in [1.54, 1.807) is 0 Å². The average Bonchev–Trinajstić information content (AvgIpc) is 2.37. The molecule has 0 aliphatic heterocycles. The van der Waals surface area contributed by atoms with Gasteiger partial charge in [-0.25, -0.2) is 4.79 Å². The van der Waals surface area contributed by atoms with E-state index >= 15 is 0 Å². The molecular weight excluding hydrogens is 349 g/mol. The normalized spacial score (nSPS) is 12.4. The van der Waals surface area contributed by atoms with Crippen LogP contribution in [0.5, 0.6) is 5.75 Å². The molecular formula is C9H5Cl5O4. The molecule has 0 saturated carbocycles. The van der Waals surface area contributed by atoms with Gasteiger partial charge in [0.25, 0.3) is 0 Å². The molecule has 1 unspecified atom stereocenters. The molecule has 1 rings (SSSR count). The monoisotopic (exact) mass is 352 g/mol. The number of aliphatic hydroxyl groups is 2. The highest BCUT2D eigenvalue weighted by atomic mass is 35.5. The highest BCUT2D eigenvalue weighted by molar-refractivity contribution is 6.55. The Labute approximate surface area is 127 Å². The van der Waals surface area contributed by atoms with Crippen LogP contribution in [-0.4, -0.2) is 28.9 Å². The lowest BCUT2D eigenvalue weighted by molar-refractivity contribution is -0.145. The molecule has 18 heavy (non-hydrogen) atoms. The summed E-state index contributed by atoms with van der Waals surface area (Å²) in [6.45, 7) is -0.816. The van der Waals surface area contributed by atoms with Crippen LogP contribution in [0.15, 0.2) is 0 Å². The number of halogens is 5. The average molecular weight is 354 g/mol. The summed E-state index contributed by atoms with van der Waals surface area (Å²) in [5, 5.41) is 16.8. The summed E-state index contributed by atoms with van der Waals surface area (Å²) in [4.78, 5) is 11.3. The van der Waals surface area contributed by atoms with Crippen LogP contribution in [0.3, 0.4) is 0 Å². The molecule has 1 aromatic carbocycles. The van der Waals surface area contributed by atoms with E-state index in [0.717, 1.165) is 0 Å². The van der Waals surface area contributed by atoms with Gasteiger partial charge in [0.15, 0.2) is 11.9 Å². The fraction of sp³-hybridized carbons (Fsp3) is 0.222. The fourth-order valence-corrected chi connectivity index (χ4v) is 2.12. The molecule has 1 aromatic rings. The minimum atomic E-state index is -1.73. The van der Waals surface area contributed by atoms with Gasteiger partial charge < -0.3 is 14.9 Å². The Kier molecular flexibility index (Phi) is 5.80. The lowest BCUT2D eigenvalue weighted by atomic mass is 10.3. The minimum absolute atomic E-state index is 0.0872. The SMILES string of the molecule is O=C(Oc1c(Cl)c(Cl)c(Cl)c(Cl)c1Cl)C(O)CO. The molecule has 0 radical (unpaired) electrons. The van der Waals surface area contributed by atoms with Gasteiger partial charge in [-0.15, -0.1) is 0 Å². The highest BCUT2D eigenvalue weighted by Gasteiger charge is 2.25. The Hall–Kier alpha value is 0.0600. The first kappa shape index (κ1) is 16.1. The van der Waals surface area contributed by atoms with E-state index in [4.69, 9.17) is 73.0 Å². The van der Waals surface area contributed by atoms with Gasteiger partial charge in [-0.05, 0) is 0 Å². The molecule has 0 fully saturated rings. The number of benzene rings is 1. The number of carbonyl (C=O) groups is 1. The summed E-state index contributed by atoms with van der Waals surface area (Å²) in [5.74, 6) is -1.49. The summed E-state index contributed by atoms with van der Waals surface area (Å²) < 4.78 is 4.70. The third-order valence-electron chi connectivity index (χ3n) is 1.82. The second-order valence-electron chi connectivity index (χ2n) is 3.02. The molecule has 0 aliphatic carbocycles. The topological polar surface area (TPSA) is 66.8 Å². The quantitative estimate of drug-likeness (QED) is 0.379. The molecule has 0 heterocycles. The van der Waals surface area contributed by atoms with Crippen LogP contribution < -0.4 is 4.74 Å². The van der Waals surface area contributed by atoms with E-state index in [0.29, 0.717) is 0 Å². The van der Waals surface area contributed by atoms with Crippen molar-refractivity contribution in [3.05, 3.63) is 25.1 Å². The van der Waals surface area contributed by atoms with Gasteiger partial charge >= 0.3 is 5.97 Å². The first-order chi connectivity index (χ1) is 8.31. The Bertz CT molecular complexity index is 461. The minimum Gasteiger partial charge on any atom is -0.421 e. The summed E-state index contributed by atoms with van der Waals surface area (Å²) in [6.07, 6.45) is -1.73. The van der Waals surface area contributed by atoms with E-state index < -0.39 is 18.7 Å². The van der Waals surface area contributed by atoms with Crippen LogP contribution in [0, 0.1) is 0 Å². The number of ether oxygens (including phenoxy) is 1. The predicted molar refractivity (Wildman–Crippen MR) is 70.2 cm³/mol. The molecule has 1 atom stereocenters. The van der Waals surface area contributed by atoms with Gasteiger partial charge in [-0.3, -0.25) is 0 Å². The van der Waals surface area contributed by atoms with Crippen molar-refractivity contribution in [3.63, 3.8) is 0 Å². The summed E-state index contributed by atoms with van der Waals surface area (Å²) >= 11 is 28.8. The third-order valence-corrected chi connectivity index (χ3v) is 4.06. The largest absolute Gasteiger partial charge is 0.421 e. The number of hydrogen-bond acceptors (Lipinski definition) is 4. The second kappa shape index (κ2) is 6.48. The second-order valence-corrected chi connectivity index (χ2v) is 4.91. The number of carbonyl (C=O) groups excluding carboxylic acids is 1. The molecule has 2 N–H and O–H groups in total. The van der Waals surface area contributed by atoms with Gasteiger partial charge in [0.05, 0.1) is 21.7 Å². The van der Waals surface area contributed by atoms with Gasteiger partial charge in [-0.2, -0.15) is 0 Å². The van der Waals surface area contributed by atoms with Crippen molar-refractivity contribution in [2.75, 3.05) is 6.61 Å². The molecule has 100 valence electrons. The summed E-state index contributed by atoms with van der Waals surface area (Å²) in [7, 11) is 0. The molecule has 0 spiro atoms. The van der Waals surface area contributed by atoms with Crippen LogP contribution in [0.1, 0.15) is 0 Å². The standard InChI is InChI=1S/C9H5Cl5O4/c10-3-4(11)6(13)8(7(14)5(3)12)18-9(17)2(16)1-15/h2,15-16H,1H2. The van der Waals surface area contributed by atoms with Crippen LogP contribution in [0.2, 0.25) is 25.1 Å². The van der Waals surface area contributed by atoms with Crippen molar-refractivity contribution in [2.24, 2.45) is 0 Å². The van der Waals surface area contributed by atoms with Crippen molar-refractivity contribution >= 4 is 64.0 Å². The van der Waals surface area contributed by atoms with Crippen LogP contribution in [0.4, 0.5) is 0 Å². The van der Waals surface area contributed by atoms with Crippen molar-refractivity contribution in [1.82, 2.24) is 0 Å². The van der Waals surface area contributed by atoms with Gasteiger partial charge in [-0.1, -0.05) is 58.0 Å². The van der Waals surface area contributed by atoms with E-state index in [1.807, 2.05) is 0 Å². The van der Waals surface area contributed by atoms with E-state index in [-0.39, 0.29) is 30.9 Å². The van der Waals surface area contributed by atoms with Crippen LogP contribution in [0.25, 0.3) is 0 Å². The number of aliphatic hydroxyl groups excluding tert-OH is 2. The zero-order valence-electron chi connectivity index (χ0n) is 8.39. The molecule has 0 amide bonds. The lowest BCUT2D eigenvalue weighted by Crippen LogP contribution is -2.29. The Balaban J connectivity index is 3.22. The third kappa shape index (κ3) is 3.14. The first-order valence-corrected chi connectivity index (χ1v) is 6.22. The van der Waals surface area contributed by atoms with Crippen molar-refractivity contribution in [2.45, 2.75) is 6.10 Å². The maximum Gasteiger partial charge on any atom is 0.342 e. The van der Waals surface area contributed by atoms with Crippen molar-refractivity contribution in [3.8, 4) is 5.75 Å². The zero-order valence-corrected chi connectivity index (χ0v) is 12.2. The molecule has 0 bridgehead atoms. The number of hydrogen-bond donors (Lipinski definition) is 2. The summed E-state index contributed by atoms with van der Waals surface area (Å²) in [5.41, 5.74) is 0. The van der Waals surface area contributed by atoms with Crippen LogP contribution in [-0.2, 0) is 4.79 Å².